The molecular weight excluding hydrogens is 352 g/mol. The molecule has 0 radical (unpaired) electrons. The van der Waals surface area contributed by atoms with Crippen LogP contribution in [0, 0.1) is 12.8 Å². The molecule has 0 spiro atoms. The molecule has 0 aliphatic carbocycles. The number of anilines is 1. The van der Waals surface area contributed by atoms with Crippen LogP contribution in [0.1, 0.15) is 34.6 Å². The van der Waals surface area contributed by atoms with Gasteiger partial charge in [-0.15, -0.1) is 0 Å². The molecule has 4 rings (SSSR count). The summed E-state index contributed by atoms with van der Waals surface area (Å²) in [4.78, 5) is 26.2. The molecule has 2 aliphatic rings. The van der Waals surface area contributed by atoms with E-state index in [1.807, 2.05) is 17.9 Å². The Morgan fingerprint density at radius 1 is 1.07 bits per heavy atom. The maximum Gasteiger partial charge on any atom is 0.272 e. The average Bonchev–Trinajstić information content (AvgIpc) is 2.75. The largest absolute Gasteiger partial charge is 0.378 e. The van der Waals surface area contributed by atoms with Gasteiger partial charge in [-0.1, -0.05) is 30.3 Å². The fourth-order valence-electron chi connectivity index (χ4n) is 4.02. The summed E-state index contributed by atoms with van der Waals surface area (Å²) in [5.41, 5.74) is 2.73. The van der Waals surface area contributed by atoms with E-state index in [-0.39, 0.29) is 5.91 Å². The number of hydrogen-bond acceptors (Lipinski definition) is 5. The normalized spacial score (nSPS) is 18.3. The van der Waals surface area contributed by atoms with Gasteiger partial charge in [0.05, 0.1) is 13.2 Å². The van der Waals surface area contributed by atoms with Gasteiger partial charge in [-0.2, -0.15) is 0 Å². The lowest BCUT2D eigenvalue weighted by atomic mass is 9.90. The summed E-state index contributed by atoms with van der Waals surface area (Å²) in [7, 11) is 0. The smallest absolute Gasteiger partial charge is 0.272 e. The number of likely N-dealkylation sites (tertiary alicyclic amines) is 1. The Balaban J connectivity index is 1.39. The molecule has 1 amide bonds. The molecule has 1 aromatic heterocycles. The summed E-state index contributed by atoms with van der Waals surface area (Å²) < 4.78 is 5.40. The third-order valence-electron chi connectivity index (χ3n) is 5.62. The maximum absolute atomic E-state index is 13.0. The second-order valence-corrected chi connectivity index (χ2v) is 7.72. The molecule has 3 heterocycles. The van der Waals surface area contributed by atoms with Crippen LogP contribution in [0.5, 0.6) is 0 Å². The number of aryl methyl sites for hydroxylation is 1. The highest BCUT2D eigenvalue weighted by atomic mass is 16.5. The van der Waals surface area contributed by atoms with E-state index in [1.54, 1.807) is 0 Å². The van der Waals surface area contributed by atoms with Crippen molar-refractivity contribution in [3.8, 4) is 0 Å². The fourth-order valence-corrected chi connectivity index (χ4v) is 4.02. The highest BCUT2D eigenvalue weighted by molar-refractivity contribution is 5.92. The average molecular weight is 380 g/mol. The number of nitrogens with zero attached hydrogens (tertiary/aromatic N) is 4. The van der Waals surface area contributed by atoms with E-state index in [0.29, 0.717) is 30.8 Å². The molecule has 0 atom stereocenters. The Labute approximate surface area is 166 Å². The van der Waals surface area contributed by atoms with Gasteiger partial charge in [0.25, 0.3) is 5.91 Å². The van der Waals surface area contributed by atoms with E-state index in [9.17, 15) is 4.79 Å². The summed E-state index contributed by atoms with van der Waals surface area (Å²) in [5, 5.41) is 0. The molecule has 28 heavy (non-hydrogen) atoms. The summed E-state index contributed by atoms with van der Waals surface area (Å²) in [6, 6.07) is 12.4. The van der Waals surface area contributed by atoms with Gasteiger partial charge in [-0.25, -0.2) is 9.97 Å². The van der Waals surface area contributed by atoms with E-state index in [2.05, 4.69) is 45.2 Å². The first-order chi connectivity index (χ1) is 13.7. The molecule has 6 heteroatoms. The van der Waals surface area contributed by atoms with E-state index in [4.69, 9.17) is 4.74 Å². The van der Waals surface area contributed by atoms with Crippen molar-refractivity contribution in [2.24, 2.45) is 5.92 Å². The van der Waals surface area contributed by atoms with E-state index in [0.717, 1.165) is 51.1 Å². The number of aromatic nitrogens is 2. The monoisotopic (exact) mass is 380 g/mol. The minimum atomic E-state index is 0.0261. The Kier molecular flexibility index (Phi) is 5.86. The van der Waals surface area contributed by atoms with E-state index < -0.39 is 0 Å². The molecule has 2 aliphatic heterocycles. The lowest BCUT2D eigenvalue weighted by Gasteiger charge is -2.32. The summed E-state index contributed by atoms with van der Waals surface area (Å²) in [6.45, 7) is 6.40. The standard InChI is InChI=1S/C22H28N4O2/c1-17-15-20(24-22(23-17)26-11-13-28-14-12-26)21(27)25-9-7-19(8-10-25)16-18-5-3-2-4-6-18/h2-6,15,19H,7-14,16H2,1H3. The number of carbonyl (C=O) groups excluding carboxylic acids is 1. The molecular formula is C22H28N4O2. The molecule has 2 fully saturated rings. The van der Waals surface area contributed by atoms with Gasteiger partial charge in [-0.05, 0) is 43.7 Å². The topological polar surface area (TPSA) is 58.6 Å². The van der Waals surface area contributed by atoms with Crippen LogP contribution in [0.25, 0.3) is 0 Å². The highest BCUT2D eigenvalue weighted by Crippen LogP contribution is 2.23. The second kappa shape index (κ2) is 8.69. The Bertz CT molecular complexity index is 797. The van der Waals surface area contributed by atoms with Crippen LogP contribution in [-0.4, -0.2) is 60.2 Å². The predicted octanol–water partition coefficient (Wildman–Crippen LogP) is 2.72. The third-order valence-corrected chi connectivity index (χ3v) is 5.62. The van der Waals surface area contributed by atoms with Crippen molar-refractivity contribution in [1.82, 2.24) is 14.9 Å². The minimum absolute atomic E-state index is 0.0261. The number of carbonyl (C=O) groups is 1. The summed E-state index contributed by atoms with van der Waals surface area (Å²) in [5.74, 6) is 1.31. The van der Waals surface area contributed by atoms with E-state index >= 15 is 0 Å². The number of hydrogen-bond donors (Lipinski definition) is 0. The summed E-state index contributed by atoms with van der Waals surface area (Å²) in [6.07, 6.45) is 3.18. The molecule has 0 saturated carbocycles. The number of amides is 1. The van der Waals surface area contributed by atoms with Crippen molar-refractivity contribution in [2.75, 3.05) is 44.3 Å². The quantitative estimate of drug-likeness (QED) is 0.816. The zero-order chi connectivity index (χ0) is 19.3. The van der Waals surface area contributed by atoms with Crippen molar-refractivity contribution >= 4 is 11.9 Å². The van der Waals surface area contributed by atoms with Gasteiger partial charge in [0.15, 0.2) is 0 Å². The Hall–Kier alpha value is -2.47. The van der Waals surface area contributed by atoms with Crippen molar-refractivity contribution in [2.45, 2.75) is 26.2 Å². The van der Waals surface area contributed by atoms with Crippen LogP contribution < -0.4 is 4.90 Å². The maximum atomic E-state index is 13.0. The van der Waals surface area contributed by atoms with Crippen molar-refractivity contribution < 1.29 is 9.53 Å². The molecule has 0 N–H and O–H groups in total. The van der Waals surface area contributed by atoms with Gasteiger partial charge < -0.3 is 14.5 Å². The first-order valence-corrected chi connectivity index (χ1v) is 10.2. The van der Waals surface area contributed by atoms with Gasteiger partial charge >= 0.3 is 0 Å². The van der Waals surface area contributed by atoms with Crippen LogP contribution in [-0.2, 0) is 11.2 Å². The Morgan fingerprint density at radius 3 is 2.50 bits per heavy atom. The molecule has 0 bridgehead atoms. The molecule has 2 aromatic rings. The fraction of sp³-hybridized carbons (Fsp3) is 0.500. The van der Waals surface area contributed by atoms with Crippen LogP contribution in [0.4, 0.5) is 5.95 Å². The zero-order valence-corrected chi connectivity index (χ0v) is 16.5. The molecule has 148 valence electrons. The zero-order valence-electron chi connectivity index (χ0n) is 16.5. The Morgan fingerprint density at radius 2 is 1.79 bits per heavy atom. The van der Waals surface area contributed by atoms with Gasteiger partial charge in [0.2, 0.25) is 5.95 Å². The molecule has 0 unspecified atom stereocenters. The molecule has 2 saturated heterocycles. The number of rotatable bonds is 4. The lowest BCUT2D eigenvalue weighted by Crippen LogP contribution is -2.40. The first kappa shape index (κ1) is 18.9. The molecule has 1 aromatic carbocycles. The van der Waals surface area contributed by atoms with Crippen molar-refractivity contribution in [1.29, 1.82) is 0 Å². The van der Waals surface area contributed by atoms with Crippen molar-refractivity contribution in [3.63, 3.8) is 0 Å². The highest BCUT2D eigenvalue weighted by Gasteiger charge is 2.26. The SMILES string of the molecule is Cc1cc(C(=O)N2CCC(Cc3ccccc3)CC2)nc(N2CCOCC2)n1. The van der Waals surface area contributed by atoms with Gasteiger partial charge in [-0.3, -0.25) is 4.79 Å². The number of morpholine rings is 1. The summed E-state index contributed by atoms with van der Waals surface area (Å²) >= 11 is 0. The van der Waals surface area contributed by atoms with Gasteiger partial charge in [0, 0.05) is 31.9 Å². The predicted molar refractivity (Wildman–Crippen MR) is 109 cm³/mol. The number of ether oxygens (including phenoxy) is 1. The minimum Gasteiger partial charge on any atom is -0.378 e. The third kappa shape index (κ3) is 4.50. The van der Waals surface area contributed by atoms with E-state index in [1.165, 1.54) is 5.56 Å². The van der Waals surface area contributed by atoms with Crippen LogP contribution in [0.15, 0.2) is 36.4 Å². The van der Waals surface area contributed by atoms with Gasteiger partial charge in [0.1, 0.15) is 5.69 Å². The molecule has 6 nitrogen and oxygen atoms in total. The van der Waals surface area contributed by atoms with Crippen molar-refractivity contribution in [3.05, 3.63) is 53.3 Å². The lowest BCUT2D eigenvalue weighted by molar-refractivity contribution is 0.0684. The number of benzene rings is 1. The van der Waals surface area contributed by atoms with Crippen LogP contribution >= 0.6 is 0 Å². The van der Waals surface area contributed by atoms with Crippen LogP contribution in [0.2, 0.25) is 0 Å². The number of piperidine rings is 1. The first-order valence-electron chi connectivity index (χ1n) is 10.2. The second-order valence-electron chi connectivity index (χ2n) is 7.72. The van der Waals surface area contributed by atoms with Crippen LogP contribution in [0.3, 0.4) is 0 Å².